The third-order valence-electron chi connectivity index (χ3n) is 1.83. The molecule has 0 atom stereocenters. The Kier molecular flexibility index (Phi) is 3.60. The molecule has 0 spiro atoms. The molecule has 1 aromatic carbocycles. The van der Waals surface area contributed by atoms with Gasteiger partial charge in [0.05, 0.1) is 11.1 Å². The number of nitrogens with two attached hydrogens (primary N) is 2. The SMILES string of the molecule is Cc1cc(C=NN=C(N)N)c(O)c([N+](=O)[O-])c1. The number of aromatic hydroxyl groups is 1. The first-order chi connectivity index (χ1) is 7.91. The molecule has 0 heterocycles. The van der Waals surface area contributed by atoms with E-state index in [0.29, 0.717) is 5.56 Å². The molecule has 0 saturated heterocycles. The second-order valence-electron chi connectivity index (χ2n) is 3.25. The number of phenols is 1. The fourth-order valence-electron chi connectivity index (χ4n) is 1.18. The van der Waals surface area contributed by atoms with Crippen LogP contribution in [0.2, 0.25) is 0 Å². The van der Waals surface area contributed by atoms with E-state index < -0.39 is 16.4 Å². The first-order valence-electron chi connectivity index (χ1n) is 4.51. The van der Waals surface area contributed by atoms with Gasteiger partial charge in [0.2, 0.25) is 11.7 Å². The van der Waals surface area contributed by atoms with E-state index in [2.05, 4.69) is 10.2 Å². The quantitative estimate of drug-likeness (QED) is 0.298. The zero-order valence-electron chi connectivity index (χ0n) is 8.99. The van der Waals surface area contributed by atoms with Crippen LogP contribution in [0.15, 0.2) is 22.3 Å². The van der Waals surface area contributed by atoms with Crippen LogP contribution in [0.5, 0.6) is 5.75 Å². The van der Waals surface area contributed by atoms with E-state index in [4.69, 9.17) is 11.5 Å². The van der Waals surface area contributed by atoms with Gasteiger partial charge in [0, 0.05) is 11.6 Å². The van der Waals surface area contributed by atoms with Crippen molar-refractivity contribution in [2.24, 2.45) is 21.7 Å². The molecule has 90 valence electrons. The first kappa shape index (κ1) is 12.4. The lowest BCUT2D eigenvalue weighted by molar-refractivity contribution is -0.385. The van der Waals surface area contributed by atoms with Gasteiger partial charge >= 0.3 is 5.69 Å². The lowest BCUT2D eigenvalue weighted by atomic mass is 10.1. The summed E-state index contributed by atoms with van der Waals surface area (Å²) in [6.07, 6.45) is 1.13. The van der Waals surface area contributed by atoms with E-state index in [1.807, 2.05) is 0 Å². The van der Waals surface area contributed by atoms with Crippen LogP contribution in [-0.2, 0) is 0 Å². The van der Waals surface area contributed by atoms with Crippen molar-refractivity contribution in [2.45, 2.75) is 6.92 Å². The van der Waals surface area contributed by atoms with Gasteiger partial charge in [-0.15, -0.1) is 5.10 Å². The third-order valence-corrected chi connectivity index (χ3v) is 1.83. The van der Waals surface area contributed by atoms with Crippen LogP contribution in [-0.4, -0.2) is 22.2 Å². The van der Waals surface area contributed by atoms with Gasteiger partial charge in [0.1, 0.15) is 0 Å². The van der Waals surface area contributed by atoms with Gasteiger partial charge in [-0.05, 0) is 18.6 Å². The van der Waals surface area contributed by atoms with Crippen LogP contribution in [0.1, 0.15) is 11.1 Å². The maximum atomic E-state index is 10.6. The highest BCUT2D eigenvalue weighted by Gasteiger charge is 2.16. The Morgan fingerprint density at radius 3 is 2.71 bits per heavy atom. The van der Waals surface area contributed by atoms with E-state index in [1.54, 1.807) is 6.92 Å². The summed E-state index contributed by atoms with van der Waals surface area (Å²) in [6.45, 7) is 1.66. The van der Waals surface area contributed by atoms with Crippen LogP contribution in [0.3, 0.4) is 0 Å². The van der Waals surface area contributed by atoms with E-state index in [-0.39, 0.29) is 11.5 Å². The maximum absolute atomic E-state index is 10.6. The van der Waals surface area contributed by atoms with Crippen molar-refractivity contribution in [1.29, 1.82) is 0 Å². The number of rotatable bonds is 3. The van der Waals surface area contributed by atoms with Crippen molar-refractivity contribution >= 4 is 17.9 Å². The molecule has 0 aliphatic rings. The highest BCUT2D eigenvalue weighted by molar-refractivity contribution is 5.86. The minimum atomic E-state index is -0.680. The van der Waals surface area contributed by atoms with Gasteiger partial charge in [0.25, 0.3) is 0 Å². The smallest absolute Gasteiger partial charge is 0.311 e. The minimum absolute atomic E-state index is 0.168. The van der Waals surface area contributed by atoms with E-state index in [1.165, 1.54) is 12.1 Å². The van der Waals surface area contributed by atoms with Crippen molar-refractivity contribution in [3.8, 4) is 5.75 Å². The minimum Gasteiger partial charge on any atom is -0.502 e. The number of phenolic OH excluding ortho intramolecular Hbond substituents is 1. The molecule has 0 fully saturated rings. The summed E-state index contributed by atoms with van der Waals surface area (Å²) < 4.78 is 0. The molecule has 8 heteroatoms. The maximum Gasteiger partial charge on any atom is 0.311 e. The summed E-state index contributed by atoms with van der Waals surface area (Å²) in [6, 6.07) is 2.78. The number of benzene rings is 1. The molecule has 1 aromatic rings. The van der Waals surface area contributed by atoms with E-state index in [0.717, 1.165) is 6.21 Å². The summed E-state index contributed by atoms with van der Waals surface area (Å²) >= 11 is 0. The number of aryl methyl sites for hydroxylation is 1. The molecule has 1 rings (SSSR count). The molecular formula is C9H11N5O3. The number of hydrogen-bond acceptors (Lipinski definition) is 5. The van der Waals surface area contributed by atoms with Gasteiger partial charge in [-0.1, -0.05) is 0 Å². The molecule has 0 aromatic heterocycles. The lowest BCUT2D eigenvalue weighted by Crippen LogP contribution is -2.21. The predicted octanol–water partition coefficient (Wildman–Crippen LogP) is 0.216. The van der Waals surface area contributed by atoms with Crippen molar-refractivity contribution < 1.29 is 10.0 Å². The van der Waals surface area contributed by atoms with Crippen molar-refractivity contribution in [1.82, 2.24) is 0 Å². The van der Waals surface area contributed by atoms with Crippen molar-refractivity contribution in [3.05, 3.63) is 33.4 Å². The summed E-state index contributed by atoms with van der Waals surface area (Å²) in [4.78, 5) is 9.96. The van der Waals surface area contributed by atoms with Crippen LogP contribution >= 0.6 is 0 Å². The first-order valence-corrected chi connectivity index (χ1v) is 4.51. The monoisotopic (exact) mass is 237 g/mol. The van der Waals surface area contributed by atoms with Crippen LogP contribution in [0, 0.1) is 17.0 Å². The Bertz CT molecular complexity index is 506. The van der Waals surface area contributed by atoms with Crippen LogP contribution in [0.4, 0.5) is 5.69 Å². The number of nitrogens with zero attached hydrogens (tertiary/aromatic N) is 3. The standard InChI is InChI=1S/C9H11N5O3/c1-5-2-6(4-12-13-9(10)11)8(15)7(3-5)14(16)17/h2-4,15H,1H3,(H4,10,11,13). The van der Waals surface area contributed by atoms with E-state index >= 15 is 0 Å². The van der Waals surface area contributed by atoms with Crippen LogP contribution in [0.25, 0.3) is 0 Å². The number of hydrogen-bond donors (Lipinski definition) is 3. The summed E-state index contributed by atoms with van der Waals surface area (Å²) in [5, 5.41) is 27.0. The second-order valence-corrected chi connectivity index (χ2v) is 3.25. The molecule has 8 nitrogen and oxygen atoms in total. The normalized spacial score (nSPS) is 10.4. The molecular weight excluding hydrogens is 226 g/mol. The topological polar surface area (TPSA) is 140 Å². The Balaban J connectivity index is 3.21. The average Bonchev–Trinajstić information content (AvgIpc) is 2.21. The van der Waals surface area contributed by atoms with Gasteiger partial charge in [-0.3, -0.25) is 10.1 Å². The van der Waals surface area contributed by atoms with Gasteiger partial charge in [-0.2, -0.15) is 5.10 Å². The Hall–Kier alpha value is -2.64. The Morgan fingerprint density at radius 2 is 2.18 bits per heavy atom. The third kappa shape index (κ3) is 3.16. The molecule has 0 saturated carbocycles. The van der Waals surface area contributed by atoms with Crippen molar-refractivity contribution in [2.75, 3.05) is 0 Å². The van der Waals surface area contributed by atoms with E-state index in [9.17, 15) is 15.2 Å². The molecule has 0 amide bonds. The van der Waals surface area contributed by atoms with Gasteiger partial charge < -0.3 is 16.6 Å². The fraction of sp³-hybridized carbons (Fsp3) is 0.111. The van der Waals surface area contributed by atoms with Gasteiger partial charge in [-0.25, -0.2) is 0 Å². The largest absolute Gasteiger partial charge is 0.502 e. The lowest BCUT2D eigenvalue weighted by Gasteiger charge is -2.01. The predicted molar refractivity (Wildman–Crippen MR) is 62.9 cm³/mol. The molecule has 17 heavy (non-hydrogen) atoms. The molecule has 0 aliphatic heterocycles. The average molecular weight is 237 g/mol. The summed E-state index contributed by atoms with van der Waals surface area (Å²) in [7, 11) is 0. The van der Waals surface area contributed by atoms with Crippen molar-refractivity contribution in [3.63, 3.8) is 0 Å². The Morgan fingerprint density at radius 1 is 1.53 bits per heavy atom. The van der Waals surface area contributed by atoms with Crippen LogP contribution < -0.4 is 11.5 Å². The number of guanidine groups is 1. The highest BCUT2D eigenvalue weighted by atomic mass is 16.6. The second kappa shape index (κ2) is 4.92. The zero-order chi connectivity index (χ0) is 13.0. The molecule has 5 N–H and O–H groups in total. The molecule has 0 aliphatic carbocycles. The van der Waals surface area contributed by atoms with Gasteiger partial charge in [0.15, 0.2) is 0 Å². The summed E-state index contributed by atoms with van der Waals surface area (Å²) in [5.41, 5.74) is 10.5. The number of nitro benzene ring substituents is 1. The zero-order valence-corrected chi connectivity index (χ0v) is 8.99. The highest BCUT2D eigenvalue weighted by Crippen LogP contribution is 2.29. The Labute approximate surface area is 96.4 Å². The fourth-order valence-corrected chi connectivity index (χ4v) is 1.18. The number of nitro groups is 1. The summed E-state index contributed by atoms with van der Waals surface area (Å²) in [5.74, 6) is -0.724. The molecule has 0 radical (unpaired) electrons. The molecule has 0 unspecified atom stereocenters. The molecule has 0 bridgehead atoms.